The smallest absolute Gasteiger partial charge is 0.264 e. The molecule has 1 aromatic heterocycles. The van der Waals surface area contributed by atoms with Crippen LogP contribution in [-0.2, 0) is 21.2 Å². The van der Waals surface area contributed by atoms with Gasteiger partial charge in [0.1, 0.15) is 0 Å². The highest BCUT2D eigenvalue weighted by Crippen LogP contribution is 2.25. The van der Waals surface area contributed by atoms with Crippen LogP contribution in [0.5, 0.6) is 0 Å². The van der Waals surface area contributed by atoms with E-state index in [1.807, 2.05) is 59.3 Å². The third kappa shape index (κ3) is 4.86. The number of aromatic nitrogens is 1. The normalized spacial score (nSPS) is 14.3. The van der Waals surface area contributed by atoms with Gasteiger partial charge in [0.2, 0.25) is 0 Å². The topological polar surface area (TPSA) is 109 Å². The van der Waals surface area contributed by atoms with Crippen molar-refractivity contribution in [1.82, 2.24) is 10.0 Å². The summed E-state index contributed by atoms with van der Waals surface area (Å²) in [5.74, 6) is 5.29. The van der Waals surface area contributed by atoms with Crippen LogP contribution in [0.25, 0.3) is 10.9 Å². The number of aliphatic hydroxyl groups is 1. The number of aryl methyl sites for hydroxylation is 1. The Morgan fingerprint density at radius 2 is 1.75 bits per heavy atom. The van der Waals surface area contributed by atoms with Crippen LogP contribution in [0.2, 0.25) is 0 Å². The second-order valence-corrected chi connectivity index (χ2v) is 10.5. The maximum atomic E-state index is 12.2. The van der Waals surface area contributed by atoms with Crippen LogP contribution in [0.1, 0.15) is 43.1 Å². The first kappa shape index (κ1) is 23.5. The molecule has 3 aromatic rings. The number of amides is 1. The number of hydrogen-bond acceptors (Lipinski definition) is 5. The minimum Gasteiger partial charge on any atom is -0.389 e. The molecule has 2 aromatic carbocycles. The molecule has 7 nitrogen and oxygen atoms in total. The molecule has 168 valence electrons. The lowest BCUT2D eigenvalue weighted by Gasteiger charge is -2.25. The molecule has 1 amide bonds. The minimum absolute atomic E-state index is 0.00597. The van der Waals surface area contributed by atoms with E-state index in [-0.39, 0.29) is 13.0 Å². The van der Waals surface area contributed by atoms with Gasteiger partial charge in [0.05, 0.1) is 6.10 Å². The van der Waals surface area contributed by atoms with E-state index in [2.05, 4.69) is 11.8 Å². The summed E-state index contributed by atoms with van der Waals surface area (Å²) >= 11 is 0. The zero-order chi connectivity index (χ0) is 23.5. The number of sulfone groups is 1. The molecule has 32 heavy (non-hydrogen) atoms. The zero-order valence-electron chi connectivity index (χ0n) is 18.2. The fraction of sp³-hybridized carbons (Fsp3) is 0.292. The first-order valence-electron chi connectivity index (χ1n) is 10.1. The Labute approximate surface area is 187 Å². The van der Waals surface area contributed by atoms with Crippen LogP contribution in [0.4, 0.5) is 0 Å². The molecule has 0 saturated carbocycles. The number of nitrogens with one attached hydrogen (secondary N) is 1. The Hall–Kier alpha value is -3.12. The van der Waals surface area contributed by atoms with Crippen molar-refractivity contribution in [2.24, 2.45) is 0 Å². The number of hydrogen-bond donors (Lipinski definition) is 3. The summed E-state index contributed by atoms with van der Waals surface area (Å²) in [4.78, 5) is 12.0. The fourth-order valence-electron chi connectivity index (χ4n) is 3.38. The Morgan fingerprint density at radius 3 is 2.34 bits per heavy atom. The largest absolute Gasteiger partial charge is 0.389 e. The Morgan fingerprint density at radius 1 is 1.12 bits per heavy atom. The maximum absolute atomic E-state index is 12.2. The van der Waals surface area contributed by atoms with E-state index in [4.69, 9.17) is 5.21 Å². The summed E-state index contributed by atoms with van der Waals surface area (Å²) in [7, 11) is -3.75. The number of carbonyl (C=O) groups excluding carboxylic acids is 1. The predicted molar refractivity (Wildman–Crippen MR) is 123 cm³/mol. The van der Waals surface area contributed by atoms with Gasteiger partial charge < -0.3 is 9.67 Å². The molecular formula is C24H26N2O5S. The molecule has 0 aliphatic heterocycles. The molecule has 0 radical (unpaired) electrons. The van der Waals surface area contributed by atoms with Crippen LogP contribution >= 0.6 is 0 Å². The highest BCUT2D eigenvalue weighted by molar-refractivity contribution is 7.92. The summed E-state index contributed by atoms with van der Waals surface area (Å²) < 4.78 is 24.4. The molecule has 8 heteroatoms. The molecule has 1 unspecified atom stereocenters. The Kier molecular flexibility index (Phi) is 6.74. The van der Waals surface area contributed by atoms with Crippen LogP contribution in [0.15, 0.2) is 54.7 Å². The molecule has 3 N–H and O–H groups in total. The second kappa shape index (κ2) is 9.17. The van der Waals surface area contributed by atoms with Crippen LogP contribution < -0.4 is 5.48 Å². The molecule has 0 bridgehead atoms. The molecule has 3 rings (SSSR count). The van der Waals surface area contributed by atoms with Crippen LogP contribution in [-0.4, -0.2) is 40.2 Å². The van der Waals surface area contributed by atoms with E-state index < -0.39 is 26.6 Å². The molecule has 0 saturated heterocycles. The van der Waals surface area contributed by atoms with Crippen molar-refractivity contribution in [3.8, 4) is 11.8 Å². The molecule has 0 aliphatic rings. The molecule has 0 spiro atoms. The lowest BCUT2D eigenvalue weighted by Crippen LogP contribution is -2.49. The molecule has 0 fully saturated rings. The number of fused-ring (bicyclic) bond motifs is 1. The van der Waals surface area contributed by atoms with Gasteiger partial charge in [-0.25, -0.2) is 13.9 Å². The van der Waals surface area contributed by atoms with Gasteiger partial charge in [-0.05, 0) is 62.2 Å². The summed E-state index contributed by atoms with van der Waals surface area (Å²) in [5, 5.41) is 19.5. The van der Waals surface area contributed by atoms with Gasteiger partial charge in [-0.2, -0.15) is 0 Å². The highest BCUT2D eigenvalue weighted by atomic mass is 32.2. The average Bonchev–Trinajstić information content (AvgIpc) is 3.17. The monoisotopic (exact) mass is 454 g/mol. The van der Waals surface area contributed by atoms with Gasteiger partial charge in [0, 0.05) is 41.0 Å². The van der Waals surface area contributed by atoms with E-state index >= 15 is 0 Å². The van der Waals surface area contributed by atoms with Crippen molar-refractivity contribution in [1.29, 1.82) is 0 Å². The van der Waals surface area contributed by atoms with E-state index in [9.17, 15) is 18.3 Å². The number of hydroxylamine groups is 1. The highest BCUT2D eigenvalue weighted by Gasteiger charge is 2.43. The van der Waals surface area contributed by atoms with Gasteiger partial charge in [0.25, 0.3) is 5.91 Å². The number of aliphatic hydroxyl groups excluding tert-OH is 1. The van der Waals surface area contributed by atoms with E-state index in [1.54, 1.807) is 6.92 Å². The number of rotatable bonds is 6. The van der Waals surface area contributed by atoms with Crippen LogP contribution in [0, 0.1) is 11.8 Å². The summed E-state index contributed by atoms with van der Waals surface area (Å²) in [5.41, 5.74) is 4.86. The van der Waals surface area contributed by atoms with Crippen molar-refractivity contribution in [3.05, 3.63) is 71.4 Å². The second-order valence-electron chi connectivity index (χ2n) is 8.02. The molecule has 2 atom stereocenters. The standard InChI is InChI=1S/C24H26N2O5S/c1-17(27)20-9-6-18(7-10-20)4-5-19-8-11-22-21(16-19)12-14-26(22)15-13-24(2,23(28)25-29)32(3,30)31/h6-12,14,16-17,27,29H,13,15H2,1-3H3,(H,25,28)/t17-,24?/m0/s1. The van der Waals surface area contributed by atoms with E-state index in [1.165, 1.54) is 12.4 Å². The molecular weight excluding hydrogens is 428 g/mol. The maximum Gasteiger partial charge on any atom is 0.264 e. The zero-order valence-corrected chi connectivity index (χ0v) is 19.0. The van der Waals surface area contributed by atoms with Gasteiger partial charge in [-0.3, -0.25) is 10.0 Å². The van der Waals surface area contributed by atoms with E-state index in [0.29, 0.717) is 0 Å². The number of carbonyl (C=O) groups is 1. The lowest BCUT2D eigenvalue weighted by molar-refractivity contribution is -0.131. The first-order chi connectivity index (χ1) is 15.0. The van der Waals surface area contributed by atoms with Crippen molar-refractivity contribution in [2.75, 3.05) is 6.26 Å². The average molecular weight is 455 g/mol. The Balaban J connectivity index is 1.80. The SMILES string of the molecule is C[C@H](O)c1ccc(C#Cc2ccc3c(ccn3CCC(C)(C(=O)NO)S(C)(=O)=O)c2)cc1. The Bertz CT molecular complexity index is 1300. The van der Waals surface area contributed by atoms with Crippen molar-refractivity contribution >= 4 is 26.6 Å². The third-order valence-electron chi connectivity index (χ3n) is 5.75. The van der Waals surface area contributed by atoms with Crippen molar-refractivity contribution < 1.29 is 23.5 Å². The van der Waals surface area contributed by atoms with Gasteiger partial charge in [-0.1, -0.05) is 24.0 Å². The van der Waals surface area contributed by atoms with Crippen molar-refractivity contribution in [2.45, 2.75) is 37.7 Å². The fourth-order valence-corrected chi connectivity index (χ4v) is 4.23. The third-order valence-corrected chi connectivity index (χ3v) is 7.77. The summed E-state index contributed by atoms with van der Waals surface area (Å²) in [6.07, 6.45) is 2.30. The first-order valence-corrected chi connectivity index (χ1v) is 12.0. The number of benzene rings is 2. The molecule has 1 heterocycles. The quantitative estimate of drug-likeness (QED) is 0.302. The van der Waals surface area contributed by atoms with E-state index in [0.717, 1.165) is 33.8 Å². The van der Waals surface area contributed by atoms with Gasteiger partial charge in [-0.15, -0.1) is 0 Å². The summed E-state index contributed by atoms with van der Waals surface area (Å²) in [6.45, 7) is 3.30. The summed E-state index contributed by atoms with van der Waals surface area (Å²) in [6, 6.07) is 15.1. The lowest BCUT2D eigenvalue weighted by atomic mass is 10.1. The number of nitrogens with zero attached hydrogens (tertiary/aromatic N) is 1. The predicted octanol–water partition coefficient (Wildman–Crippen LogP) is 2.79. The van der Waals surface area contributed by atoms with Gasteiger partial charge in [0.15, 0.2) is 14.6 Å². The van der Waals surface area contributed by atoms with Gasteiger partial charge >= 0.3 is 0 Å². The van der Waals surface area contributed by atoms with Crippen LogP contribution in [0.3, 0.4) is 0 Å². The molecule has 0 aliphatic carbocycles. The van der Waals surface area contributed by atoms with Crippen molar-refractivity contribution in [3.63, 3.8) is 0 Å². The minimum atomic E-state index is -3.75.